The normalized spacial score (nSPS) is 20.1. The Morgan fingerprint density at radius 2 is 2.13 bits per heavy atom. The zero-order valence-electron chi connectivity index (χ0n) is 8.65. The molecule has 1 aliphatic heterocycles. The Bertz CT molecular complexity index is 335. The second-order valence-corrected chi connectivity index (χ2v) is 3.86. The van der Waals surface area contributed by atoms with Crippen LogP contribution in [-0.4, -0.2) is 23.3 Å². The molecule has 1 aromatic heterocycles. The predicted molar refractivity (Wildman–Crippen MR) is 56.1 cm³/mol. The van der Waals surface area contributed by atoms with E-state index in [0.29, 0.717) is 38.3 Å². The lowest BCUT2D eigenvalue weighted by Crippen LogP contribution is -2.34. The van der Waals surface area contributed by atoms with Gasteiger partial charge >= 0.3 is 0 Å². The smallest absolute Gasteiger partial charge is 0.111 e. The fourth-order valence-corrected chi connectivity index (χ4v) is 1.82. The largest absolute Gasteiger partial charge is 0.383 e. The molecule has 0 saturated carbocycles. The van der Waals surface area contributed by atoms with Gasteiger partial charge in [0.15, 0.2) is 0 Å². The van der Waals surface area contributed by atoms with Crippen LogP contribution < -0.4 is 5.73 Å². The molecular formula is C11H16N2O2. The summed E-state index contributed by atoms with van der Waals surface area (Å²) in [5.74, 6) is 0. The summed E-state index contributed by atoms with van der Waals surface area (Å²) in [6.07, 6.45) is 1.21. The van der Waals surface area contributed by atoms with Gasteiger partial charge in [-0.05, 0) is 12.1 Å². The molecule has 3 N–H and O–H groups in total. The minimum Gasteiger partial charge on any atom is -0.383 e. The second kappa shape index (κ2) is 4.26. The summed E-state index contributed by atoms with van der Waals surface area (Å²) in [7, 11) is 0. The SMILES string of the molecule is NCc1cccc(C2(O)CCOCC2)n1. The van der Waals surface area contributed by atoms with Crippen LogP contribution in [0.4, 0.5) is 0 Å². The number of pyridine rings is 1. The molecule has 15 heavy (non-hydrogen) atoms. The average Bonchev–Trinajstić information content (AvgIpc) is 2.30. The third-order valence-corrected chi connectivity index (χ3v) is 2.81. The van der Waals surface area contributed by atoms with Crippen molar-refractivity contribution in [1.82, 2.24) is 4.98 Å². The van der Waals surface area contributed by atoms with Crippen LogP contribution in [0.3, 0.4) is 0 Å². The average molecular weight is 208 g/mol. The summed E-state index contributed by atoms with van der Waals surface area (Å²) < 4.78 is 5.23. The molecule has 0 aromatic carbocycles. The van der Waals surface area contributed by atoms with Gasteiger partial charge in [0.05, 0.1) is 11.4 Å². The van der Waals surface area contributed by atoms with Crippen molar-refractivity contribution in [3.8, 4) is 0 Å². The first kappa shape index (κ1) is 10.5. The van der Waals surface area contributed by atoms with E-state index >= 15 is 0 Å². The molecule has 1 fully saturated rings. The van der Waals surface area contributed by atoms with Gasteiger partial charge in [-0.15, -0.1) is 0 Å². The Hall–Kier alpha value is -0.970. The molecule has 0 unspecified atom stereocenters. The van der Waals surface area contributed by atoms with Crippen molar-refractivity contribution in [3.63, 3.8) is 0 Å². The minimum absolute atomic E-state index is 0.403. The van der Waals surface area contributed by atoms with E-state index in [-0.39, 0.29) is 0 Å². The maximum Gasteiger partial charge on any atom is 0.111 e. The third kappa shape index (κ3) is 2.17. The maximum atomic E-state index is 10.4. The number of nitrogens with zero attached hydrogens (tertiary/aromatic N) is 1. The number of rotatable bonds is 2. The highest BCUT2D eigenvalue weighted by Crippen LogP contribution is 2.30. The molecule has 1 aliphatic rings. The molecule has 2 heterocycles. The van der Waals surface area contributed by atoms with Gasteiger partial charge in [0.25, 0.3) is 0 Å². The summed E-state index contributed by atoms with van der Waals surface area (Å²) in [4.78, 5) is 4.36. The number of aliphatic hydroxyl groups is 1. The first-order chi connectivity index (χ1) is 7.24. The molecular weight excluding hydrogens is 192 g/mol. The van der Waals surface area contributed by atoms with E-state index in [1.165, 1.54) is 0 Å². The summed E-state index contributed by atoms with van der Waals surface area (Å²) in [5, 5.41) is 10.4. The number of nitrogens with two attached hydrogens (primary N) is 1. The highest BCUT2D eigenvalue weighted by atomic mass is 16.5. The van der Waals surface area contributed by atoms with Crippen molar-refractivity contribution in [1.29, 1.82) is 0 Å². The number of aromatic nitrogens is 1. The molecule has 0 bridgehead atoms. The van der Waals surface area contributed by atoms with E-state index in [2.05, 4.69) is 4.98 Å². The molecule has 0 radical (unpaired) electrons. The Morgan fingerprint density at radius 3 is 2.80 bits per heavy atom. The molecule has 2 rings (SSSR count). The Kier molecular flexibility index (Phi) is 3.00. The van der Waals surface area contributed by atoms with E-state index in [1.54, 1.807) is 0 Å². The van der Waals surface area contributed by atoms with E-state index in [1.807, 2.05) is 18.2 Å². The Balaban J connectivity index is 2.26. The van der Waals surface area contributed by atoms with E-state index < -0.39 is 5.60 Å². The zero-order valence-corrected chi connectivity index (χ0v) is 8.65. The van der Waals surface area contributed by atoms with Crippen molar-refractivity contribution in [2.24, 2.45) is 5.73 Å². The molecule has 1 aromatic rings. The van der Waals surface area contributed by atoms with Gasteiger partial charge in [-0.25, -0.2) is 0 Å². The van der Waals surface area contributed by atoms with Gasteiger partial charge in [0, 0.05) is 32.6 Å². The molecule has 0 atom stereocenters. The van der Waals surface area contributed by atoms with Crippen LogP contribution in [0.15, 0.2) is 18.2 Å². The van der Waals surface area contributed by atoms with Crippen LogP contribution in [0.1, 0.15) is 24.2 Å². The fourth-order valence-electron chi connectivity index (χ4n) is 1.82. The molecule has 1 saturated heterocycles. The van der Waals surface area contributed by atoms with Gasteiger partial charge in [0.2, 0.25) is 0 Å². The molecule has 82 valence electrons. The summed E-state index contributed by atoms with van der Waals surface area (Å²) >= 11 is 0. The lowest BCUT2D eigenvalue weighted by atomic mass is 9.90. The molecule has 4 nitrogen and oxygen atoms in total. The van der Waals surface area contributed by atoms with Crippen molar-refractivity contribution in [2.45, 2.75) is 25.0 Å². The second-order valence-electron chi connectivity index (χ2n) is 3.86. The van der Waals surface area contributed by atoms with Crippen molar-refractivity contribution < 1.29 is 9.84 Å². The van der Waals surface area contributed by atoms with E-state index in [0.717, 1.165) is 5.69 Å². The summed E-state index contributed by atoms with van der Waals surface area (Å²) in [6.45, 7) is 1.58. The highest BCUT2D eigenvalue weighted by Gasteiger charge is 2.33. The maximum absolute atomic E-state index is 10.4. The van der Waals surface area contributed by atoms with Gasteiger partial charge in [0.1, 0.15) is 5.60 Å². The highest BCUT2D eigenvalue weighted by molar-refractivity contribution is 5.17. The van der Waals surface area contributed by atoms with E-state index in [9.17, 15) is 5.11 Å². The van der Waals surface area contributed by atoms with Gasteiger partial charge in [-0.3, -0.25) is 4.98 Å². The lowest BCUT2D eigenvalue weighted by molar-refractivity contribution is -0.0706. The van der Waals surface area contributed by atoms with Gasteiger partial charge < -0.3 is 15.6 Å². The van der Waals surface area contributed by atoms with Crippen molar-refractivity contribution >= 4 is 0 Å². The standard InChI is InChI=1S/C11H16N2O2/c12-8-9-2-1-3-10(13-9)11(14)4-6-15-7-5-11/h1-3,14H,4-8,12H2. The molecule has 4 heteroatoms. The lowest BCUT2D eigenvalue weighted by Gasteiger charge is -2.31. The van der Waals surface area contributed by atoms with Crippen molar-refractivity contribution in [2.75, 3.05) is 13.2 Å². The monoisotopic (exact) mass is 208 g/mol. The van der Waals surface area contributed by atoms with E-state index in [4.69, 9.17) is 10.5 Å². The Labute approximate surface area is 89.1 Å². The van der Waals surface area contributed by atoms with Crippen molar-refractivity contribution in [3.05, 3.63) is 29.6 Å². The first-order valence-electron chi connectivity index (χ1n) is 5.21. The van der Waals surface area contributed by atoms with Crippen LogP contribution in [-0.2, 0) is 16.9 Å². The van der Waals surface area contributed by atoms with Crippen LogP contribution >= 0.6 is 0 Å². The first-order valence-corrected chi connectivity index (χ1v) is 5.21. The quantitative estimate of drug-likeness (QED) is 0.744. The number of ether oxygens (including phenoxy) is 1. The minimum atomic E-state index is -0.830. The third-order valence-electron chi connectivity index (χ3n) is 2.81. The van der Waals surface area contributed by atoms with Crippen LogP contribution in [0, 0.1) is 0 Å². The van der Waals surface area contributed by atoms with Crippen LogP contribution in [0.25, 0.3) is 0 Å². The van der Waals surface area contributed by atoms with Gasteiger partial charge in [-0.2, -0.15) is 0 Å². The predicted octanol–water partition coefficient (Wildman–Crippen LogP) is 0.538. The Morgan fingerprint density at radius 1 is 1.40 bits per heavy atom. The fraction of sp³-hybridized carbons (Fsp3) is 0.545. The summed E-state index contributed by atoms with van der Waals surface area (Å²) in [5.41, 5.74) is 6.22. The topological polar surface area (TPSA) is 68.4 Å². The molecule has 0 amide bonds. The van der Waals surface area contributed by atoms with Crippen LogP contribution in [0.2, 0.25) is 0 Å². The molecule has 0 aliphatic carbocycles. The number of hydrogen-bond acceptors (Lipinski definition) is 4. The zero-order chi connectivity index (χ0) is 10.7. The molecule has 0 spiro atoms. The summed E-state index contributed by atoms with van der Waals surface area (Å²) in [6, 6.07) is 5.61. The number of hydrogen-bond donors (Lipinski definition) is 2. The van der Waals surface area contributed by atoms with Gasteiger partial charge in [-0.1, -0.05) is 6.07 Å². The van der Waals surface area contributed by atoms with Crippen LogP contribution in [0.5, 0.6) is 0 Å².